The van der Waals surface area contributed by atoms with Crippen LogP contribution in [-0.2, 0) is 6.54 Å². The van der Waals surface area contributed by atoms with Crippen molar-refractivity contribution in [1.82, 2.24) is 14.9 Å². The SMILES string of the molecule is Nc1[nH]c(=O)ncc1CN1CCCCC1. The van der Waals surface area contributed by atoms with Crippen molar-refractivity contribution in [2.24, 2.45) is 0 Å². The number of hydrogen-bond donors (Lipinski definition) is 2. The van der Waals surface area contributed by atoms with Crippen LogP contribution in [0.25, 0.3) is 0 Å². The van der Waals surface area contributed by atoms with E-state index in [1.54, 1.807) is 6.20 Å². The van der Waals surface area contributed by atoms with E-state index in [0.717, 1.165) is 25.2 Å². The summed E-state index contributed by atoms with van der Waals surface area (Å²) < 4.78 is 0. The second-order valence-electron chi connectivity index (χ2n) is 3.96. The third-order valence-electron chi connectivity index (χ3n) is 2.77. The van der Waals surface area contributed by atoms with E-state index >= 15 is 0 Å². The third kappa shape index (κ3) is 2.56. The van der Waals surface area contributed by atoms with Crippen LogP contribution in [0.15, 0.2) is 11.0 Å². The Morgan fingerprint density at radius 3 is 2.80 bits per heavy atom. The van der Waals surface area contributed by atoms with Gasteiger partial charge in [-0.3, -0.25) is 9.88 Å². The number of anilines is 1. The molecule has 82 valence electrons. The number of likely N-dealkylation sites (tertiary alicyclic amines) is 1. The average molecular weight is 208 g/mol. The minimum Gasteiger partial charge on any atom is -0.385 e. The zero-order valence-electron chi connectivity index (χ0n) is 8.70. The highest BCUT2D eigenvalue weighted by Crippen LogP contribution is 2.14. The van der Waals surface area contributed by atoms with Gasteiger partial charge in [0.05, 0.1) is 0 Å². The molecule has 0 radical (unpaired) electrons. The molecule has 2 rings (SSSR count). The highest BCUT2D eigenvalue weighted by atomic mass is 16.1. The first-order valence-corrected chi connectivity index (χ1v) is 5.32. The molecule has 2 heterocycles. The fourth-order valence-corrected chi connectivity index (χ4v) is 1.92. The maximum absolute atomic E-state index is 10.9. The minimum absolute atomic E-state index is 0.380. The smallest absolute Gasteiger partial charge is 0.346 e. The lowest BCUT2D eigenvalue weighted by atomic mass is 10.1. The van der Waals surface area contributed by atoms with Gasteiger partial charge >= 0.3 is 5.69 Å². The molecular weight excluding hydrogens is 192 g/mol. The fraction of sp³-hybridized carbons (Fsp3) is 0.600. The van der Waals surface area contributed by atoms with Gasteiger partial charge in [-0.15, -0.1) is 0 Å². The van der Waals surface area contributed by atoms with E-state index in [2.05, 4.69) is 14.9 Å². The van der Waals surface area contributed by atoms with Crippen LogP contribution in [-0.4, -0.2) is 28.0 Å². The Morgan fingerprint density at radius 1 is 1.40 bits per heavy atom. The second kappa shape index (κ2) is 4.44. The van der Waals surface area contributed by atoms with Crippen LogP contribution in [0.4, 0.5) is 5.82 Å². The molecule has 5 heteroatoms. The molecule has 1 aliphatic rings. The lowest BCUT2D eigenvalue weighted by Gasteiger charge is -2.26. The molecule has 15 heavy (non-hydrogen) atoms. The Labute approximate surface area is 88.3 Å². The summed E-state index contributed by atoms with van der Waals surface area (Å²) in [7, 11) is 0. The van der Waals surface area contributed by atoms with Crippen LogP contribution in [0.3, 0.4) is 0 Å². The number of hydrogen-bond acceptors (Lipinski definition) is 4. The monoisotopic (exact) mass is 208 g/mol. The van der Waals surface area contributed by atoms with Crippen molar-refractivity contribution in [3.8, 4) is 0 Å². The molecule has 5 nitrogen and oxygen atoms in total. The lowest BCUT2D eigenvalue weighted by molar-refractivity contribution is 0.221. The summed E-state index contributed by atoms with van der Waals surface area (Å²) in [4.78, 5) is 19.4. The molecule has 1 fully saturated rings. The number of nitrogen functional groups attached to an aromatic ring is 1. The molecule has 0 saturated carbocycles. The molecule has 0 atom stereocenters. The third-order valence-corrected chi connectivity index (χ3v) is 2.77. The average Bonchev–Trinajstić information content (AvgIpc) is 2.24. The highest BCUT2D eigenvalue weighted by Gasteiger charge is 2.12. The zero-order valence-corrected chi connectivity index (χ0v) is 8.70. The Bertz CT molecular complexity index is 381. The Morgan fingerprint density at radius 2 is 2.13 bits per heavy atom. The van der Waals surface area contributed by atoms with Gasteiger partial charge in [-0.2, -0.15) is 0 Å². The Kier molecular flexibility index (Phi) is 3.01. The Balaban J connectivity index is 2.06. The molecule has 0 spiro atoms. The van der Waals surface area contributed by atoms with Crippen molar-refractivity contribution in [3.05, 3.63) is 22.2 Å². The predicted octanol–water partition coefficient (Wildman–Crippen LogP) is 0.338. The number of nitrogens with two attached hydrogens (primary N) is 1. The number of aromatic nitrogens is 2. The van der Waals surface area contributed by atoms with E-state index in [4.69, 9.17) is 5.73 Å². The first-order chi connectivity index (χ1) is 7.25. The van der Waals surface area contributed by atoms with Gasteiger partial charge in [-0.05, 0) is 25.9 Å². The van der Waals surface area contributed by atoms with Crippen molar-refractivity contribution in [2.75, 3.05) is 18.8 Å². The van der Waals surface area contributed by atoms with Gasteiger partial charge in [0.15, 0.2) is 0 Å². The van der Waals surface area contributed by atoms with E-state index in [1.807, 2.05) is 0 Å². The van der Waals surface area contributed by atoms with E-state index in [-0.39, 0.29) is 5.69 Å². The van der Waals surface area contributed by atoms with Crippen molar-refractivity contribution < 1.29 is 0 Å². The second-order valence-corrected chi connectivity index (χ2v) is 3.96. The summed E-state index contributed by atoms with van der Waals surface area (Å²) in [5, 5.41) is 0. The van der Waals surface area contributed by atoms with Crippen LogP contribution < -0.4 is 11.4 Å². The van der Waals surface area contributed by atoms with Crippen LogP contribution in [0.1, 0.15) is 24.8 Å². The summed E-state index contributed by atoms with van der Waals surface area (Å²) in [6, 6.07) is 0. The first-order valence-electron chi connectivity index (χ1n) is 5.32. The van der Waals surface area contributed by atoms with Crippen LogP contribution in [0.5, 0.6) is 0 Å². The summed E-state index contributed by atoms with van der Waals surface area (Å²) >= 11 is 0. The molecule has 0 unspecified atom stereocenters. The van der Waals surface area contributed by atoms with Gasteiger partial charge in [-0.1, -0.05) is 6.42 Å². The maximum Gasteiger partial charge on any atom is 0.346 e. The molecule has 1 aromatic rings. The van der Waals surface area contributed by atoms with Gasteiger partial charge in [0.2, 0.25) is 0 Å². The number of piperidine rings is 1. The Hall–Kier alpha value is -1.36. The predicted molar refractivity (Wildman–Crippen MR) is 58.4 cm³/mol. The molecule has 3 N–H and O–H groups in total. The number of nitrogens with zero attached hydrogens (tertiary/aromatic N) is 2. The topological polar surface area (TPSA) is 75.0 Å². The van der Waals surface area contributed by atoms with Crippen molar-refractivity contribution in [2.45, 2.75) is 25.8 Å². The quantitative estimate of drug-likeness (QED) is 0.734. The molecule has 0 aliphatic carbocycles. The molecule has 1 saturated heterocycles. The maximum atomic E-state index is 10.9. The van der Waals surface area contributed by atoms with Crippen LogP contribution in [0.2, 0.25) is 0 Å². The highest BCUT2D eigenvalue weighted by molar-refractivity contribution is 5.36. The largest absolute Gasteiger partial charge is 0.385 e. The van der Waals surface area contributed by atoms with Crippen LogP contribution >= 0.6 is 0 Å². The standard InChI is InChI=1S/C10H16N4O/c11-9-8(6-12-10(15)13-9)7-14-4-2-1-3-5-14/h6H,1-5,7H2,(H3,11,12,13,15). The molecule has 1 aromatic heterocycles. The summed E-state index contributed by atoms with van der Waals surface area (Å²) in [6.45, 7) is 3.01. The van der Waals surface area contributed by atoms with Gasteiger partial charge in [0.1, 0.15) is 5.82 Å². The van der Waals surface area contributed by atoms with Gasteiger partial charge in [-0.25, -0.2) is 9.78 Å². The fourth-order valence-electron chi connectivity index (χ4n) is 1.92. The van der Waals surface area contributed by atoms with Crippen LogP contribution in [0, 0.1) is 0 Å². The summed E-state index contributed by atoms with van der Waals surface area (Å²) in [5.41, 5.74) is 6.25. The number of nitrogens with one attached hydrogen (secondary N) is 1. The number of rotatable bonds is 2. The normalized spacial score (nSPS) is 17.9. The molecule has 1 aliphatic heterocycles. The summed E-state index contributed by atoms with van der Waals surface area (Å²) in [6.07, 6.45) is 5.38. The van der Waals surface area contributed by atoms with E-state index in [1.165, 1.54) is 19.3 Å². The zero-order chi connectivity index (χ0) is 10.7. The molecule has 0 aromatic carbocycles. The lowest BCUT2D eigenvalue weighted by Crippen LogP contribution is -2.30. The summed E-state index contributed by atoms with van der Waals surface area (Å²) in [5.74, 6) is 0.445. The number of aromatic amines is 1. The van der Waals surface area contributed by atoms with Gasteiger partial charge in [0.25, 0.3) is 0 Å². The number of H-pyrrole nitrogens is 1. The molecule has 0 amide bonds. The molecule has 0 bridgehead atoms. The van der Waals surface area contributed by atoms with Gasteiger partial charge < -0.3 is 5.73 Å². The van der Waals surface area contributed by atoms with Crippen molar-refractivity contribution in [3.63, 3.8) is 0 Å². The van der Waals surface area contributed by atoms with E-state index < -0.39 is 0 Å². The van der Waals surface area contributed by atoms with E-state index in [0.29, 0.717) is 5.82 Å². The van der Waals surface area contributed by atoms with Crippen molar-refractivity contribution in [1.29, 1.82) is 0 Å². The van der Waals surface area contributed by atoms with Gasteiger partial charge in [0, 0.05) is 18.3 Å². The van der Waals surface area contributed by atoms with E-state index in [9.17, 15) is 4.79 Å². The minimum atomic E-state index is -0.380. The van der Waals surface area contributed by atoms with Crippen molar-refractivity contribution >= 4 is 5.82 Å². The first kappa shape index (κ1) is 10.2. The molecular formula is C10H16N4O.